The zero-order valence-electron chi connectivity index (χ0n) is 10.2. The lowest BCUT2D eigenvalue weighted by atomic mass is 10.2. The quantitative estimate of drug-likeness (QED) is 0.751. The van der Waals surface area contributed by atoms with Gasteiger partial charge in [-0.15, -0.1) is 11.3 Å². The van der Waals surface area contributed by atoms with Gasteiger partial charge in [0.15, 0.2) is 0 Å². The summed E-state index contributed by atoms with van der Waals surface area (Å²) in [6.07, 6.45) is 2.29. The summed E-state index contributed by atoms with van der Waals surface area (Å²) in [6, 6.07) is 8.15. The summed E-state index contributed by atoms with van der Waals surface area (Å²) in [5.41, 5.74) is 6.14. The van der Waals surface area contributed by atoms with Crippen molar-refractivity contribution >= 4 is 27.5 Å². The van der Waals surface area contributed by atoms with E-state index in [4.69, 9.17) is 5.73 Å². The standard InChI is InChI=1S/C13H17N3OS/c14-12(17)7-3-4-8-15-9-13-16-10-5-1-2-6-11(10)18-13/h1-2,5-6,15H,3-4,7-9H2,(H2,14,17). The highest BCUT2D eigenvalue weighted by Gasteiger charge is 2.02. The van der Waals surface area contributed by atoms with E-state index in [1.54, 1.807) is 11.3 Å². The molecule has 0 radical (unpaired) electrons. The number of hydrogen-bond donors (Lipinski definition) is 2. The van der Waals surface area contributed by atoms with Gasteiger partial charge in [-0.1, -0.05) is 12.1 Å². The van der Waals surface area contributed by atoms with Gasteiger partial charge in [-0.3, -0.25) is 4.79 Å². The largest absolute Gasteiger partial charge is 0.370 e. The highest BCUT2D eigenvalue weighted by molar-refractivity contribution is 7.18. The summed E-state index contributed by atoms with van der Waals surface area (Å²) in [5.74, 6) is -0.221. The minimum absolute atomic E-state index is 0.221. The number of hydrogen-bond acceptors (Lipinski definition) is 4. The monoisotopic (exact) mass is 263 g/mol. The topological polar surface area (TPSA) is 68.0 Å². The van der Waals surface area contributed by atoms with Gasteiger partial charge in [-0.25, -0.2) is 4.98 Å². The van der Waals surface area contributed by atoms with Crippen LogP contribution in [0.5, 0.6) is 0 Å². The minimum atomic E-state index is -0.221. The van der Waals surface area contributed by atoms with Gasteiger partial charge in [-0.2, -0.15) is 0 Å². The number of amides is 1. The molecule has 1 aromatic carbocycles. The van der Waals surface area contributed by atoms with Crippen LogP contribution in [0.1, 0.15) is 24.3 Å². The Labute approximate surface area is 110 Å². The second kappa shape index (κ2) is 6.47. The van der Waals surface area contributed by atoms with E-state index in [2.05, 4.69) is 16.4 Å². The number of unbranched alkanes of at least 4 members (excludes halogenated alkanes) is 1. The number of nitrogens with two attached hydrogens (primary N) is 1. The van der Waals surface area contributed by atoms with Crippen molar-refractivity contribution in [2.45, 2.75) is 25.8 Å². The lowest BCUT2D eigenvalue weighted by molar-refractivity contribution is -0.118. The molecular formula is C13H17N3OS. The molecule has 2 rings (SSSR count). The number of carbonyl (C=O) groups is 1. The van der Waals surface area contributed by atoms with Crippen molar-refractivity contribution < 1.29 is 4.79 Å². The number of benzene rings is 1. The first-order valence-electron chi connectivity index (χ1n) is 6.09. The molecule has 2 aromatic rings. The Balaban J connectivity index is 1.72. The molecule has 0 saturated heterocycles. The summed E-state index contributed by atoms with van der Waals surface area (Å²) < 4.78 is 1.23. The highest BCUT2D eigenvalue weighted by Crippen LogP contribution is 2.21. The van der Waals surface area contributed by atoms with Crippen molar-refractivity contribution in [2.75, 3.05) is 6.54 Å². The van der Waals surface area contributed by atoms with Crippen LogP contribution in [0.25, 0.3) is 10.2 Å². The maximum absolute atomic E-state index is 10.5. The van der Waals surface area contributed by atoms with Crippen LogP contribution in [0.2, 0.25) is 0 Å². The second-order valence-corrected chi connectivity index (χ2v) is 5.29. The van der Waals surface area contributed by atoms with Crippen LogP contribution >= 0.6 is 11.3 Å². The van der Waals surface area contributed by atoms with Gasteiger partial charge in [0.25, 0.3) is 0 Å². The highest BCUT2D eigenvalue weighted by atomic mass is 32.1. The predicted molar refractivity (Wildman–Crippen MR) is 74.4 cm³/mol. The molecule has 96 valence electrons. The fraction of sp³-hybridized carbons (Fsp3) is 0.385. The Morgan fingerprint density at radius 1 is 1.33 bits per heavy atom. The number of thiazole rings is 1. The van der Waals surface area contributed by atoms with E-state index in [1.807, 2.05) is 18.2 Å². The summed E-state index contributed by atoms with van der Waals surface area (Å²) >= 11 is 1.72. The van der Waals surface area contributed by atoms with Crippen LogP contribution in [0.15, 0.2) is 24.3 Å². The fourth-order valence-electron chi connectivity index (χ4n) is 1.74. The zero-order valence-corrected chi connectivity index (χ0v) is 11.0. The average Bonchev–Trinajstić information content (AvgIpc) is 2.75. The smallest absolute Gasteiger partial charge is 0.217 e. The lowest BCUT2D eigenvalue weighted by Crippen LogP contribution is -2.16. The van der Waals surface area contributed by atoms with Gasteiger partial charge in [-0.05, 0) is 31.5 Å². The van der Waals surface area contributed by atoms with Crippen molar-refractivity contribution in [3.8, 4) is 0 Å². The van der Waals surface area contributed by atoms with E-state index in [1.165, 1.54) is 4.70 Å². The molecule has 1 aromatic heterocycles. The normalized spacial score (nSPS) is 10.9. The molecular weight excluding hydrogens is 246 g/mol. The first-order chi connectivity index (χ1) is 8.75. The molecule has 4 nitrogen and oxygen atoms in total. The van der Waals surface area contributed by atoms with Crippen LogP contribution in [0.3, 0.4) is 0 Å². The number of nitrogens with zero attached hydrogens (tertiary/aromatic N) is 1. The van der Waals surface area contributed by atoms with E-state index < -0.39 is 0 Å². The summed E-state index contributed by atoms with van der Waals surface area (Å²) in [6.45, 7) is 1.68. The first kappa shape index (κ1) is 13.0. The summed E-state index contributed by atoms with van der Waals surface area (Å²) in [7, 11) is 0. The SMILES string of the molecule is NC(=O)CCCCNCc1nc2ccccc2s1. The molecule has 0 spiro atoms. The van der Waals surface area contributed by atoms with Crippen molar-refractivity contribution in [3.05, 3.63) is 29.3 Å². The van der Waals surface area contributed by atoms with Crippen molar-refractivity contribution in [2.24, 2.45) is 5.73 Å². The van der Waals surface area contributed by atoms with Crippen LogP contribution in [-0.4, -0.2) is 17.4 Å². The third kappa shape index (κ3) is 3.78. The van der Waals surface area contributed by atoms with E-state index in [-0.39, 0.29) is 5.91 Å². The Bertz CT molecular complexity index is 491. The molecule has 1 heterocycles. The molecule has 3 N–H and O–H groups in total. The number of carbonyl (C=O) groups excluding carboxylic acids is 1. The van der Waals surface area contributed by atoms with Crippen LogP contribution in [0, 0.1) is 0 Å². The molecule has 18 heavy (non-hydrogen) atoms. The third-order valence-electron chi connectivity index (χ3n) is 2.64. The number of para-hydroxylation sites is 1. The number of primary amides is 1. The number of nitrogens with one attached hydrogen (secondary N) is 1. The van der Waals surface area contributed by atoms with Crippen LogP contribution in [0.4, 0.5) is 0 Å². The summed E-state index contributed by atoms with van der Waals surface area (Å²) in [5, 5.41) is 4.44. The Hall–Kier alpha value is -1.46. The average molecular weight is 263 g/mol. The minimum Gasteiger partial charge on any atom is -0.370 e. The van der Waals surface area contributed by atoms with Crippen LogP contribution < -0.4 is 11.1 Å². The molecule has 0 atom stereocenters. The molecule has 0 fully saturated rings. The molecule has 0 unspecified atom stereocenters. The Morgan fingerprint density at radius 2 is 2.17 bits per heavy atom. The zero-order chi connectivity index (χ0) is 12.8. The fourth-order valence-corrected chi connectivity index (χ4v) is 2.68. The molecule has 0 aliphatic carbocycles. The molecule has 0 aliphatic heterocycles. The number of rotatable bonds is 7. The molecule has 5 heteroatoms. The van der Waals surface area contributed by atoms with Crippen molar-refractivity contribution in [1.82, 2.24) is 10.3 Å². The van der Waals surface area contributed by atoms with Crippen molar-refractivity contribution in [3.63, 3.8) is 0 Å². The van der Waals surface area contributed by atoms with Gasteiger partial charge in [0, 0.05) is 13.0 Å². The van der Waals surface area contributed by atoms with Crippen LogP contribution in [-0.2, 0) is 11.3 Å². The first-order valence-corrected chi connectivity index (χ1v) is 6.91. The van der Waals surface area contributed by atoms with Gasteiger partial charge >= 0.3 is 0 Å². The van der Waals surface area contributed by atoms with E-state index in [0.717, 1.165) is 36.5 Å². The van der Waals surface area contributed by atoms with E-state index in [0.29, 0.717) is 6.42 Å². The second-order valence-electron chi connectivity index (χ2n) is 4.18. The van der Waals surface area contributed by atoms with Gasteiger partial charge < -0.3 is 11.1 Å². The van der Waals surface area contributed by atoms with Crippen molar-refractivity contribution in [1.29, 1.82) is 0 Å². The Kier molecular flexibility index (Phi) is 4.66. The van der Waals surface area contributed by atoms with E-state index in [9.17, 15) is 4.79 Å². The van der Waals surface area contributed by atoms with Gasteiger partial charge in [0.1, 0.15) is 5.01 Å². The molecule has 0 saturated carbocycles. The lowest BCUT2D eigenvalue weighted by Gasteiger charge is -2.01. The molecule has 0 aliphatic rings. The molecule has 1 amide bonds. The van der Waals surface area contributed by atoms with Gasteiger partial charge in [0.2, 0.25) is 5.91 Å². The maximum atomic E-state index is 10.5. The Morgan fingerprint density at radius 3 is 2.94 bits per heavy atom. The van der Waals surface area contributed by atoms with Gasteiger partial charge in [0.05, 0.1) is 10.2 Å². The molecule has 0 bridgehead atoms. The third-order valence-corrected chi connectivity index (χ3v) is 3.68. The van der Waals surface area contributed by atoms with E-state index >= 15 is 0 Å². The predicted octanol–water partition coefficient (Wildman–Crippen LogP) is 2.04. The maximum Gasteiger partial charge on any atom is 0.217 e. The summed E-state index contributed by atoms with van der Waals surface area (Å²) in [4.78, 5) is 15.1. The number of fused-ring (bicyclic) bond motifs is 1. The number of aromatic nitrogens is 1.